The summed E-state index contributed by atoms with van der Waals surface area (Å²) < 4.78 is 0. The number of piperidine rings is 1. The van der Waals surface area contributed by atoms with E-state index in [0.717, 1.165) is 24.9 Å². The van der Waals surface area contributed by atoms with Crippen molar-refractivity contribution in [2.75, 3.05) is 26.2 Å². The average Bonchev–Trinajstić information content (AvgIpc) is 3.38. The second-order valence-corrected chi connectivity index (χ2v) is 7.60. The van der Waals surface area contributed by atoms with Crippen molar-refractivity contribution in [1.82, 2.24) is 15.5 Å². The number of nitrogens with one attached hydrogen (secondary N) is 2. The molecule has 1 heterocycles. The highest BCUT2D eigenvalue weighted by molar-refractivity contribution is 5.78. The monoisotopic (exact) mass is 329 g/mol. The molecule has 132 valence electrons. The third-order valence-corrected chi connectivity index (χ3v) is 5.14. The van der Waals surface area contributed by atoms with Crippen molar-refractivity contribution in [3.05, 3.63) is 35.4 Å². The van der Waals surface area contributed by atoms with Gasteiger partial charge in [0.05, 0.1) is 6.54 Å². The molecule has 1 aliphatic carbocycles. The molecule has 0 radical (unpaired) electrons. The lowest BCUT2D eigenvalue weighted by atomic mass is 9.99. The minimum Gasteiger partial charge on any atom is -0.351 e. The number of rotatable bonds is 8. The number of carbonyl (C=O) groups is 1. The van der Waals surface area contributed by atoms with Crippen LogP contribution in [-0.4, -0.2) is 37.0 Å². The molecule has 4 heteroatoms. The van der Waals surface area contributed by atoms with Gasteiger partial charge in [-0.3, -0.25) is 9.69 Å². The minimum atomic E-state index is 0.0945. The third kappa shape index (κ3) is 5.60. The first-order valence-corrected chi connectivity index (χ1v) is 9.47. The van der Waals surface area contributed by atoms with Crippen LogP contribution in [0.5, 0.6) is 0 Å². The van der Waals surface area contributed by atoms with E-state index in [0.29, 0.717) is 13.1 Å². The molecule has 1 aliphatic heterocycles. The van der Waals surface area contributed by atoms with Gasteiger partial charge >= 0.3 is 0 Å². The van der Waals surface area contributed by atoms with Gasteiger partial charge in [-0.1, -0.05) is 31.2 Å². The molecule has 1 saturated heterocycles. The van der Waals surface area contributed by atoms with Crippen molar-refractivity contribution < 1.29 is 4.79 Å². The van der Waals surface area contributed by atoms with Crippen LogP contribution in [0.3, 0.4) is 0 Å². The molecular weight excluding hydrogens is 298 g/mol. The van der Waals surface area contributed by atoms with Gasteiger partial charge in [0.25, 0.3) is 0 Å². The summed E-state index contributed by atoms with van der Waals surface area (Å²) in [5, 5.41) is 6.31. The second kappa shape index (κ2) is 8.63. The Morgan fingerprint density at radius 3 is 2.75 bits per heavy atom. The lowest BCUT2D eigenvalue weighted by Crippen LogP contribution is -2.35. The maximum Gasteiger partial charge on any atom is 0.234 e. The quantitative estimate of drug-likeness (QED) is 0.770. The van der Waals surface area contributed by atoms with E-state index in [-0.39, 0.29) is 5.91 Å². The van der Waals surface area contributed by atoms with E-state index >= 15 is 0 Å². The summed E-state index contributed by atoms with van der Waals surface area (Å²) in [6, 6.07) is 8.51. The summed E-state index contributed by atoms with van der Waals surface area (Å²) in [6.45, 7) is 7.76. The summed E-state index contributed by atoms with van der Waals surface area (Å²) in [7, 11) is 0. The van der Waals surface area contributed by atoms with Crippen molar-refractivity contribution >= 4 is 5.91 Å². The van der Waals surface area contributed by atoms with Crippen LogP contribution in [0.4, 0.5) is 0 Å². The van der Waals surface area contributed by atoms with Gasteiger partial charge in [0.2, 0.25) is 5.91 Å². The van der Waals surface area contributed by atoms with Gasteiger partial charge in [-0.2, -0.15) is 0 Å². The molecule has 1 atom stereocenters. The van der Waals surface area contributed by atoms with Crippen molar-refractivity contribution in [1.29, 1.82) is 0 Å². The van der Waals surface area contributed by atoms with Crippen molar-refractivity contribution in [3.63, 3.8) is 0 Å². The molecular formula is C20H31N3O. The number of hydrogen-bond acceptors (Lipinski definition) is 3. The van der Waals surface area contributed by atoms with Gasteiger partial charge < -0.3 is 10.6 Å². The highest BCUT2D eigenvalue weighted by Crippen LogP contribution is 2.27. The first kappa shape index (κ1) is 17.4. The molecule has 1 unspecified atom stereocenters. The molecule has 1 aromatic rings. The Hall–Kier alpha value is -1.39. The molecule has 2 N–H and O–H groups in total. The number of carbonyl (C=O) groups excluding carboxylic acids is 1. The zero-order chi connectivity index (χ0) is 16.8. The van der Waals surface area contributed by atoms with Crippen molar-refractivity contribution in [3.8, 4) is 0 Å². The summed E-state index contributed by atoms with van der Waals surface area (Å²) >= 11 is 0. The summed E-state index contributed by atoms with van der Waals surface area (Å²) in [4.78, 5) is 14.5. The Morgan fingerprint density at radius 2 is 2.00 bits per heavy atom. The fourth-order valence-electron chi connectivity index (χ4n) is 3.52. The molecule has 2 aliphatic rings. The Kier molecular flexibility index (Phi) is 6.27. The largest absolute Gasteiger partial charge is 0.351 e. The van der Waals surface area contributed by atoms with E-state index in [1.54, 1.807) is 0 Å². The second-order valence-electron chi connectivity index (χ2n) is 7.60. The molecule has 0 aromatic heterocycles. The van der Waals surface area contributed by atoms with Crippen LogP contribution in [0.2, 0.25) is 0 Å². The number of benzene rings is 1. The van der Waals surface area contributed by atoms with Crippen LogP contribution in [0.15, 0.2) is 24.3 Å². The maximum absolute atomic E-state index is 12.0. The van der Waals surface area contributed by atoms with E-state index in [1.807, 2.05) is 0 Å². The smallest absolute Gasteiger partial charge is 0.234 e. The SMILES string of the molecule is CC1CCCN(Cc2ccccc2CNC(=O)CNCC2CC2)C1. The standard InChI is InChI=1S/C20H31N3O/c1-16-5-4-10-23(14-16)15-19-7-3-2-6-18(19)12-22-20(24)13-21-11-17-8-9-17/h2-3,6-7,16-17,21H,4-5,8-15H2,1H3,(H,22,24). The normalized spacial score (nSPS) is 21.6. The number of likely N-dealkylation sites (tertiary alicyclic amines) is 1. The van der Waals surface area contributed by atoms with Crippen molar-refractivity contribution in [2.45, 2.75) is 45.7 Å². The van der Waals surface area contributed by atoms with E-state index < -0.39 is 0 Å². The van der Waals surface area contributed by atoms with E-state index in [9.17, 15) is 4.79 Å². The molecule has 1 amide bonds. The highest BCUT2D eigenvalue weighted by atomic mass is 16.1. The fourth-order valence-corrected chi connectivity index (χ4v) is 3.52. The molecule has 0 spiro atoms. The van der Waals surface area contributed by atoms with Crippen LogP contribution in [-0.2, 0) is 17.9 Å². The topological polar surface area (TPSA) is 44.4 Å². The van der Waals surface area contributed by atoms with Gasteiger partial charge in [0.15, 0.2) is 0 Å². The number of nitrogens with zero attached hydrogens (tertiary/aromatic N) is 1. The van der Waals surface area contributed by atoms with Gasteiger partial charge in [-0.25, -0.2) is 0 Å². The first-order valence-electron chi connectivity index (χ1n) is 9.47. The lowest BCUT2D eigenvalue weighted by molar-refractivity contribution is -0.120. The molecule has 1 aromatic carbocycles. The van der Waals surface area contributed by atoms with Crippen LogP contribution in [0.1, 0.15) is 43.7 Å². The molecule has 0 bridgehead atoms. The minimum absolute atomic E-state index is 0.0945. The zero-order valence-corrected chi connectivity index (χ0v) is 14.9. The van der Waals surface area contributed by atoms with Gasteiger partial charge in [0, 0.05) is 19.6 Å². The molecule has 3 rings (SSSR count). The third-order valence-electron chi connectivity index (χ3n) is 5.14. The predicted octanol–water partition coefficient (Wildman–Crippen LogP) is 2.53. The molecule has 1 saturated carbocycles. The van der Waals surface area contributed by atoms with E-state index in [4.69, 9.17) is 0 Å². The maximum atomic E-state index is 12.0. The number of hydrogen-bond donors (Lipinski definition) is 2. The van der Waals surface area contributed by atoms with Crippen LogP contribution >= 0.6 is 0 Å². The zero-order valence-electron chi connectivity index (χ0n) is 14.9. The molecule has 4 nitrogen and oxygen atoms in total. The van der Waals surface area contributed by atoms with Gasteiger partial charge in [-0.15, -0.1) is 0 Å². The predicted molar refractivity (Wildman–Crippen MR) is 97.6 cm³/mol. The van der Waals surface area contributed by atoms with Gasteiger partial charge in [0.1, 0.15) is 0 Å². The Morgan fingerprint density at radius 1 is 1.21 bits per heavy atom. The van der Waals surface area contributed by atoms with Gasteiger partial charge in [-0.05, 0) is 61.7 Å². The first-order chi connectivity index (χ1) is 11.7. The van der Waals surface area contributed by atoms with Crippen LogP contribution in [0.25, 0.3) is 0 Å². The van der Waals surface area contributed by atoms with E-state index in [2.05, 4.69) is 46.7 Å². The Balaban J connectivity index is 1.46. The van der Waals surface area contributed by atoms with Crippen LogP contribution < -0.4 is 10.6 Å². The average molecular weight is 329 g/mol. The summed E-state index contributed by atoms with van der Waals surface area (Å²) in [6.07, 6.45) is 5.28. The Bertz CT molecular complexity index is 541. The molecule has 2 fully saturated rings. The lowest BCUT2D eigenvalue weighted by Gasteiger charge is -2.31. The highest BCUT2D eigenvalue weighted by Gasteiger charge is 2.20. The molecule has 24 heavy (non-hydrogen) atoms. The van der Waals surface area contributed by atoms with Crippen molar-refractivity contribution in [2.24, 2.45) is 11.8 Å². The number of amides is 1. The van der Waals surface area contributed by atoms with E-state index in [1.165, 1.54) is 49.9 Å². The fraction of sp³-hybridized carbons (Fsp3) is 0.650. The summed E-state index contributed by atoms with van der Waals surface area (Å²) in [5.74, 6) is 1.70. The van der Waals surface area contributed by atoms with Crippen LogP contribution in [0, 0.1) is 11.8 Å². The summed E-state index contributed by atoms with van der Waals surface area (Å²) in [5.41, 5.74) is 2.59. The Labute approximate surface area is 146 Å².